The summed E-state index contributed by atoms with van der Waals surface area (Å²) in [5.74, 6) is 0.500. The number of rotatable bonds is 4. The molecule has 4 rings (SSSR count). The van der Waals surface area contributed by atoms with E-state index in [0.29, 0.717) is 28.3 Å². The van der Waals surface area contributed by atoms with Gasteiger partial charge in [-0.2, -0.15) is 4.98 Å². The molecule has 7 nitrogen and oxygen atoms in total. The van der Waals surface area contributed by atoms with Crippen LogP contribution in [-0.4, -0.2) is 34.0 Å². The lowest BCUT2D eigenvalue weighted by molar-refractivity contribution is 0.0568. The number of hydrogen-bond acceptors (Lipinski definition) is 6. The van der Waals surface area contributed by atoms with Crippen LogP contribution in [0.25, 0.3) is 11.4 Å². The minimum absolute atomic E-state index is 0.192. The summed E-state index contributed by atoms with van der Waals surface area (Å²) in [5.41, 5.74) is 1.49. The third-order valence-corrected chi connectivity index (χ3v) is 4.34. The molecule has 0 spiro atoms. The van der Waals surface area contributed by atoms with Gasteiger partial charge in [0.25, 0.3) is 11.8 Å². The van der Waals surface area contributed by atoms with Gasteiger partial charge in [0.2, 0.25) is 11.7 Å². The molecule has 2 heterocycles. The highest BCUT2D eigenvalue weighted by atomic mass is 16.5. The number of amides is 2. The lowest BCUT2D eigenvalue weighted by Gasteiger charge is -2.18. The molecule has 7 heteroatoms. The Kier molecular flexibility index (Phi) is 3.76. The molecule has 0 fully saturated rings. The summed E-state index contributed by atoms with van der Waals surface area (Å²) in [6, 6.07) is 13.3. The Hall–Kier alpha value is -3.48. The molecule has 3 aromatic rings. The molecule has 0 saturated carbocycles. The molecule has 0 unspecified atom stereocenters. The summed E-state index contributed by atoms with van der Waals surface area (Å²) in [5, 5.41) is 3.96. The molecule has 0 aliphatic carbocycles. The molecule has 0 saturated heterocycles. The highest BCUT2D eigenvalue weighted by Crippen LogP contribution is 2.31. The van der Waals surface area contributed by atoms with Gasteiger partial charge in [-0.25, -0.2) is 0 Å². The standard InChI is InChI=1S/C19H15N3O4/c1-11(22-18(23)14-8-3-4-9-15(14)19(22)24)17-20-16(21-26-17)12-6-5-7-13(10-12)25-2/h3-11H,1-2H3/t11-/m1/s1. The number of benzene rings is 2. The second kappa shape index (κ2) is 6.11. The summed E-state index contributed by atoms with van der Waals surface area (Å²) in [7, 11) is 1.57. The van der Waals surface area contributed by atoms with Gasteiger partial charge in [-0.15, -0.1) is 0 Å². The van der Waals surface area contributed by atoms with E-state index in [1.165, 1.54) is 0 Å². The third-order valence-electron chi connectivity index (χ3n) is 4.34. The molecule has 26 heavy (non-hydrogen) atoms. The molecule has 1 aliphatic rings. The maximum atomic E-state index is 12.6. The first kappa shape index (κ1) is 16.0. The summed E-state index contributed by atoms with van der Waals surface area (Å²) in [6.45, 7) is 1.69. The van der Waals surface area contributed by atoms with E-state index < -0.39 is 6.04 Å². The largest absolute Gasteiger partial charge is 0.497 e. The minimum atomic E-state index is -0.672. The smallest absolute Gasteiger partial charge is 0.262 e. The zero-order chi connectivity index (χ0) is 18.3. The second-order valence-corrected chi connectivity index (χ2v) is 5.89. The van der Waals surface area contributed by atoms with Crippen molar-refractivity contribution in [2.75, 3.05) is 7.11 Å². The minimum Gasteiger partial charge on any atom is -0.497 e. The quantitative estimate of drug-likeness (QED) is 0.673. The van der Waals surface area contributed by atoms with E-state index >= 15 is 0 Å². The summed E-state index contributed by atoms with van der Waals surface area (Å²) in [6.07, 6.45) is 0. The monoisotopic (exact) mass is 349 g/mol. The van der Waals surface area contributed by atoms with Crippen LogP contribution in [0.2, 0.25) is 0 Å². The van der Waals surface area contributed by atoms with Gasteiger partial charge < -0.3 is 9.26 Å². The van der Waals surface area contributed by atoms with Crippen LogP contribution in [0.1, 0.15) is 39.6 Å². The zero-order valence-corrected chi connectivity index (χ0v) is 14.2. The van der Waals surface area contributed by atoms with Crippen molar-refractivity contribution in [3.63, 3.8) is 0 Å². The number of carbonyl (C=O) groups is 2. The van der Waals surface area contributed by atoms with Gasteiger partial charge in [-0.05, 0) is 31.2 Å². The highest BCUT2D eigenvalue weighted by molar-refractivity contribution is 6.21. The number of nitrogens with zero attached hydrogens (tertiary/aromatic N) is 3. The normalized spacial score (nSPS) is 14.5. The fourth-order valence-corrected chi connectivity index (χ4v) is 2.95. The average Bonchev–Trinajstić information content (AvgIpc) is 3.26. The van der Waals surface area contributed by atoms with Crippen LogP contribution in [0.4, 0.5) is 0 Å². The fourth-order valence-electron chi connectivity index (χ4n) is 2.95. The van der Waals surface area contributed by atoms with Crippen molar-refractivity contribution in [2.45, 2.75) is 13.0 Å². The Balaban J connectivity index is 1.64. The lowest BCUT2D eigenvalue weighted by Crippen LogP contribution is -2.32. The lowest BCUT2D eigenvalue weighted by atomic mass is 10.1. The van der Waals surface area contributed by atoms with Gasteiger partial charge in [0.1, 0.15) is 11.8 Å². The fraction of sp³-hybridized carbons (Fsp3) is 0.158. The van der Waals surface area contributed by atoms with Crippen LogP contribution in [0.5, 0.6) is 5.75 Å². The maximum Gasteiger partial charge on any atom is 0.262 e. The van der Waals surface area contributed by atoms with Crippen LogP contribution in [0.3, 0.4) is 0 Å². The predicted molar refractivity (Wildman–Crippen MR) is 91.6 cm³/mol. The van der Waals surface area contributed by atoms with Crippen molar-refractivity contribution in [3.05, 3.63) is 65.5 Å². The zero-order valence-electron chi connectivity index (χ0n) is 14.2. The number of imide groups is 1. The summed E-state index contributed by atoms with van der Waals surface area (Å²) in [4.78, 5) is 30.7. The van der Waals surface area contributed by atoms with Crippen molar-refractivity contribution < 1.29 is 18.8 Å². The Morgan fingerprint density at radius 1 is 1.04 bits per heavy atom. The maximum absolute atomic E-state index is 12.6. The van der Waals surface area contributed by atoms with Crippen LogP contribution < -0.4 is 4.74 Å². The topological polar surface area (TPSA) is 85.5 Å². The SMILES string of the molecule is COc1cccc(-c2noc([C@@H](C)N3C(=O)c4ccccc4C3=O)n2)c1. The number of hydrogen-bond donors (Lipinski definition) is 0. The molecule has 0 radical (unpaired) electrons. The third kappa shape index (κ3) is 2.45. The Morgan fingerprint density at radius 3 is 2.38 bits per heavy atom. The van der Waals surface area contributed by atoms with Crippen molar-refractivity contribution in [1.82, 2.24) is 15.0 Å². The van der Waals surface area contributed by atoms with Gasteiger partial charge in [-0.3, -0.25) is 14.5 Å². The van der Waals surface area contributed by atoms with Gasteiger partial charge in [0.15, 0.2) is 0 Å². The predicted octanol–water partition coefficient (Wildman–Crippen LogP) is 3.10. The number of ether oxygens (including phenoxy) is 1. The van der Waals surface area contributed by atoms with Gasteiger partial charge in [0, 0.05) is 5.56 Å². The van der Waals surface area contributed by atoms with E-state index in [4.69, 9.17) is 9.26 Å². The van der Waals surface area contributed by atoms with Crippen LogP contribution in [-0.2, 0) is 0 Å². The first-order valence-corrected chi connectivity index (χ1v) is 8.05. The van der Waals surface area contributed by atoms with Crippen molar-refractivity contribution in [2.24, 2.45) is 0 Å². The molecule has 0 bridgehead atoms. The Morgan fingerprint density at radius 2 is 1.73 bits per heavy atom. The Labute approximate surface area is 149 Å². The van der Waals surface area contributed by atoms with Crippen LogP contribution in [0, 0.1) is 0 Å². The Bertz CT molecular complexity index is 976. The first-order valence-electron chi connectivity index (χ1n) is 8.05. The molecular formula is C19H15N3O4. The van der Waals surface area contributed by atoms with Crippen molar-refractivity contribution >= 4 is 11.8 Å². The van der Waals surface area contributed by atoms with Crippen LogP contribution in [0.15, 0.2) is 53.1 Å². The first-order chi connectivity index (χ1) is 12.6. The molecule has 2 amide bonds. The van der Waals surface area contributed by atoms with E-state index in [9.17, 15) is 9.59 Å². The van der Waals surface area contributed by atoms with Crippen molar-refractivity contribution in [3.8, 4) is 17.1 Å². The average molecular weight is 349 g/mol. The number of methoxy groups -OCH3 is 1. The van der Waals surface area contributed by atoms with E-state index in [1.807, 2.05) is 18.2 Å². The molecule has 2 aromatic carbocycles. The van der Waals surface area contributed by atoms with Gasteiger partial charge in [-0.1, -0.05) is 29.4 Å². The number of carbonyl (C=O) groups excluding carboxylic acids is 2. The molecule has 1 aromatic heterocycles. The van der Waals surface area contributed by atoms with E-state index in [0.717, 1.165) is 4.90 Å². The summed E-state index contributed by atoms with van der Waals surface area (Å²) >= 11 is 0. The second-order valence-electron chi connectivity index (χ2n) is 5.89. The van der Waals surface area contributed by atoms with Crippen LogP contribution >= 0.6 is 0 Å². The van der Waals surface area contributed by atoms with E-state index in [2.05, 4.69) is 10.1 Å². The molecule has 1 atom stereocenters. The molecule has 0 N–H and O–H groups in total. The van der Waals surface area contributed by atoms with Gasteiger partial charge in [0.05, 0.1) is 18.2 Å². The summed E-state index contributed by atoms with van der Waals surface area (Å²) < 4.78 is 10.5. The molecule has 1 aliphatic heterocycles. The number of fused-ring (bicyclic) bond motifs is 1. The number of aromatic nitrogens is 2. The van der Waals surface area contributed by atoms with Crippen molar-refractivity contribution in [1.29, 1.82) is 0 Å². The highest BCUT2D eigenvalue weighted by Gasteiger charge is 2.40. The van der Waals surface area contributed by atoms with E-state index in [-0.39, 0.29) is 17.7 Å². The molecule has 130 valence electrons. The molecular weight excluding hydrogens is 334 g/mol. The van der Waals surface area contributed by atoms with Gasteiger partial charge >= 0.3 is 0 Å². The van der Waals surface area contributed by atoms with E-state index in [1.54, 1.807) is 44.4 Å².